The molecular weight excluding hydrogens is 252 g/mol. The normalized spacial score (nSPS) is 16.1. The second kappa shape index (κ2) is 5.83. The topological polar surface area (TPSA) is 41.6 Å². The monoisotopic (exact) mass is 276 g/mol. The van der Waals surface area contributed by atoms with Gasteiger partial charge in [0.05, 0.1) is 7.11 Å². The summed E-state index contributed by atoms with van der Waals surface area (Å²) in [4.78, 5) is 14.4. The van der Waals surface area contributed by atoms with Crippen molar-refractivity contribution in [1.29, 1.82) is 0 Å². The van der Waals surface area contributed by atoms with Crippen LogP contribution in [0.2, 0.25) is 0 Å². The Morgan fingerprint density at radius 1 is 1.25 bits per heavy atom. The van der Waals surface area contributed by atoms with Crippen molar-refractivity contribution in [3.05, 3.63) is 29.3 Å². The summed E-state index contributed by atoms with van der Waals surface area (Å²) < 4.78 is 5.42. The molecule has 0 atom stereocenters. The first-order valence-corrected chi connectivity index (χ1v) is 7.12. The van der Waals surface area contributed by atoms with Crippen molar-refractivity contribution in [2.75, 3.05) is 33.3 Å². The van der Waals surface area contributed by atoms with Gasteiger partial charge in [-0.05, 0) is 23.6 Å². The van der Waals surface area contributed by atoms with E-state index in [1.165, 1.54) is 0 Å². The quantitative estimate of drug-likeness (QED) is 0.899. The number of hydrogen-bond acceptors (Lipinski definition) is 3. The van der Waals surface area contributed by atoms with E-state index in [0.29, 0.717) is 0 Å². The lowest BCUT2D eigenvalue weighted by molar-refractivity contribution is 0.0735. The molecule has 110 valence electrons. The van der Waals surface area contributed by atoms with Crippen molar-refractivity contribution in [3.8, 4) is 5.75 Å². The van der Waals surface area contributed by atoms with E-state index in [1.54, 1.807) is 7.11 Å². The third-order valence-electron chi connectivity index (χ3n) is 3.66. The van der Waals surface area contributed by atoms with Crippen molar-refractivity contribution in [1.82, 2.24) is 10.2 Å². The minimum Gasteiger partial charge on any atom is -0.496 e. The average molecular weight is 276 g/mol. The number of carbonyl (C=O) groups is 1. The van der Waals surface area contributed by atoms with Crippen LogP contribution in [0.5, 0.6) is 5.75 Å². The van der Waals surface area contributed by atoms with E-state index in [9.17, 15) is 4.79 Å². The fourth-order valence-corrected chi connectivity index (χ4v) is 2.48. The summed E-state index contributed by atoms with van der Waals surface area (Å²) in [5, 5.41) is 3.26. The van der Waals surface area contributed by atoms with E-state index in [1.807, 2.05) is 23.1 Å². The summed E-state index contributed by atoms with van der Waals surface area (Å²) in [6.45, 7) is 9.67. The molecule has 0 saturated carbocycles. The summed E-state index contributed by atoms with van der Waals surface area (Å²) in [6, 6.07) is 5.73. The number of nitrogens with one attached hydrogen (secondary N) is 1. The van der Waals surface area contributed by atoms with E-state index in [2.05, 4.69) is 26.1 Å². The van der Waals surface area contributed by atoms with E-state index in [0.717, 1.165) is 43.1 Å². The number of carbonyl (C=O) groups excluding carboxylic acids is 1. The largest absolute Gasteiger partial charge is 0.496 e. The molecule has 1 fully saturated rings. The molecule has 0 aliphatic carbocycles. The molecule has 1 amide bonds. The molecule has 1 aromatic rings. The van der Waals surface area contributed by atoms with Gasteiger partial charge in [-0.1, -0.05) is 20.8 Å². The second-order valence-electron chi connectivity index (χ2n) is 6.21. The van der Waals surface area contributed by atoms with Crippen LogP contribution in [0.3, 0.4) is 0 Å². The summed E-state index contributed by atoms with van der Waals surface area (Å²) >= 11 is 0. The molecule has 1 N–H and O–H groups in total. The Morgan fingerprint density at radius 3 is 2.45 bits per heavy atom. The minimum absolute atomic E-state index is 0.0505. The lowest BCUT2D eigenvalue weighted by atomic mass is 9.85. The number of hydrogen-bond donors (Lipinski definition) is 1. The Bertz CT molecular complexity index is 486. The van der Waals surface area contributed by atoms with Gasteiger partial charge in [0.25, 0.3) is 5.91 Å². The molecule has 0 radical (unpaired) electrons. The first kappa shape index (κ1) is 14.9. The highest BCUT2D eigenvalue weighted by Gasteiger charge is 2.23. The van der Waals surface area contributed by atoms with Crippen LogP contribution in [-0.4, -0.2) is 44.1 Å². The van der Waals surface area contributed by atoms with Crippen LogP contribution in [0.15, 0.2) is 18.2 Å². The van der Waals surface area contributed by atoms with Crippen LogP contribution >= 0.6 is 0 Å². The Hall–Kier alpha value is -1.55. The number of nitrogens with zero attached hydrogens (tertiary/aromatic N) is 1. The Kier molecular flexibility index (Phi) is 4.33. The van der Waals surface area contributed by atoms with Crippen LogP contribution in [0.4, 0.5) is 0 Å². The first-order valence-electron chi connectivity index (χ1n) is 7.12. The van der Waals surface area contributed by atoms with Crippen LogP contribution in [0, 0.1) is 0 Å². The molecule has 1 saturated heterocycles. The summed E-state index contributed by atoms with van der Waals surface area (Å²) in [5.41, 5.74) is 1.77. The number of amides is 1. The highest BCUT2D eigenvalue weighted by molar-refractivity contribution is 5.94. The SMILES string of the molecule is COc1ccc(C(=O)N2CCNCC2)cc1C(C)(C)C. The van der Waals surface area contributed by atoms with Crippen molar-refractivity contribution in [2.45, 2.75) is 26.2 Å². The zero-order valence-corrected chi connectivity index (χ0v) is 12.8. The predicted octanol–water partition coefficient (Wildman–Crippen LogP) is 2.04. The van der Waals surface area contributed by atoms with Gasteiger partial charge in [-0.2, -0.15) is 0 Å². The minimum atomic E-state index is -0.0505. The molecule has 4 heteroatoms. The molecule has 0 aromatic heterocycles. The molecule has 0 bridgehead atoms. The van der Waals surface area contributed by atoms with Crippen molar-refractivity contribution >= 4 is 5.91 Å². The van der Waals surface area contributed by atoms with E-state index < -0.39 is 0 Å². The fourth-order valence-electron chi connectivity index (χ4n) is 2.48. The van der Waals surface area contributed by atoms with Gasteiger partial charge in [0.2, 0.25) is 0 Å². The number of ether oxygens (including phenoxy) is 1. The third-order valence-corrected chi connectivity index (χ3v) is 3.66. The lowest BCUT2D eigenvalue weighted by Gasteiger charge is -2.28. The van der Waals surface area contributed by atoms with Gasteiger partial charge >= 0.3 is 0 Å². The van der Waals surface area contributed by atoms with Gasteiger partial charge in [-0.15, -0.1) is 0 Å². The van der Waals surface area contributed by atoms with E-state index in [-0.39, 0.29) is 11.3 Å². The van der Waals surface area contributed by atoms with Crippen molar-refractivity contribution < 1.29 is 9.53 Å². The number of methoxy groups -OCH3 is 1. The molecule has 0 spiro atoms. The number of benzene rings is 1. The van der Waals surface area contributed by atoms with Gasteiger partial charge in [0.1, 0.15) is 5.75 Å². The highest BCUT2D eigenvalue weighted by atomic mass is 16.5. The smallest absolute Gasteiger partial charge is 0.253 e. The molecule has 1 aromatic carbocycles. The van der Waals surface area contributed by atoms with E-state index in [4.69, 9.17) is 4.74 Å². The molecule has 1 aliphatic heterocycles. The maximum absolute atomic E-state index is 12.5. The standard InChI is InChI=1S/C16H24N2O2/c1-16(2,3)13-11-12(5-6-14(13)20-4)15(19)18-9-7-17-8-10-18/h5-6,11,17H,7-10H2,1-4H3. The molecule has 1 heterocycles. The second-order valence-corrected chi connectivity index (χ2v) is 6.21. The van der Waals surface area contributed by atoms with Crippen LogP contribution < -0.4 is 10.1 Å². The van der Waals surface area contributed by atoms with Crippen LogP contribution in [0.25, 0.3) is 0 Å². The van der Waals surface area contributed by atoms with Gasteiger partial charge in [-0.3, -0.25) is 4.79 Å². The third kappa shape index (κ3) is 3.12. The molecule has 2 rings (SSSR count). The van der Waals surface area contributed by atoms with Crippen molar-refractivity contribution in [3.63, 3.8) is 0 Å². The van der Waals surface area contributed by atoms with Crippen molar-refractivity contribution in [2.24, 2.45) is 0 Å². The number of rotatable bonds is 2. The molecule has 0 unspecified atom stereocenters. The molecule has 20 heavy (non-hydrogen) atoms. The summed E-state index contributed by atoms with van der Waals surface area (Å²) in [7, 11) is 1.67. The zero-order chi connectivity index (χ0) is 14.8. The first-order chi connectivity index (χ1) is 9.43. The summed E-state index contributed by atoms with van der Waals surface area (Å²) in [6.07, 6.45) is 0. The van der Waals surface area contributed by atoms with Gasteiger partial charge in [0, 0.05) is 37.3 Å². The maximum Gasteiger partial charge on any atom is 0.253 e. The zero-order valence-electron chi connectivity index (χ0n) is 12.8. The Labute approximate surface area is 121 Å². The maximum atomic E-state index is 12.5. The fraction of sp³-hybridized carbons (Fsp3) is 0.562. The Morgan fingerprint density at radius 2 is 1.90 bits per heavy atom. The molecular formula is C16H24N2O2. The summed E-state index contributed by atoms with van der Waals surface area (Å²) in [5.74, 6) is 0.953. The Balaban J connectivity index is 2.30. The highest BCUT2D eigenvalue weighted by Crippen LogP contribution is 2.32. The van der Waals surface area contributed by atoms with Crippen LogP contribution in [0.1, 0.15) is 36.7 Å². The predicted molar refractivity (Wildman–Crippen MR) is 80.5 cm³/mol. The van der Waals surface area contributed by atoms with Gasteiger partial charge in [0.15, 0.2) is 0 Å². The van der Waals surface area contributed by atoms with Gasteiger partial charge < -0.3 is 15.0 Å². The number of piperazine rings is 1. The molecule has 4 nitrogen and oxygen atoms in total. The lowest BCUT2D eigenvalue weighted by Crippen LogP contribution is -2.46. The van der Waals surface area contributed by atoms with Gasteiger partial charge in [-0.25, -0.2) is 0 Å². The molecule has 1 aliphatic rings. The average Bonchev–Trinajstić information content (AvgIpc) is 2.46. The van der Waals surface area contributed by atoms with E-state index >= 15 is 0 Å². The van der Waals surface area contributed by atoms with Crippen LogP contribution in [-0.2, 0) is 5.41 Å².